The summed E-state index contributed by atoms with van der Waals surface area (Å²) in [5.74, 6) is 0.110. The van der Waals surface area contributed by atoms with Gasteiger partial charge in [-0.3, -0.25) is 0 Å². The topological polar surface area (TPSA) is 48.2 Å². The zero-order valence-electron chi connectivity index (χ0n) is 17.5. The number of halogens is 1. The van der Waals surface area contributed by atoms with Crippen LogP contribution >= 0.6 is 0 Å². The Balaban J connectivity index is 1.78. The second kappa shape index (κ2) is 9.45. The van der Waals surface area contributed by atoms with Crippen LogP contribution < -0.4 is 0 Å². The molecule has 1 atom stereocenters. The van der Waals surface area contributed by atoms with Gasteiger partial charge in [0, 0.05) is 6.26 Å². The van der Waals surface area contributed by atoms with Gasteiger partial charge in [0.05, 0.1) is 20.9 Å². The molecule has 1 aliphatic rings. The number of benzene rings is 3. The summed E-state index contributed by atoms with van der Waals surface area (Å²) in [6, 6.07) is 22.8. The molecule has 1 aliphatic carbocycles. The summed E-state index contributed by atoms with van der Waals surface area (Å²) in [5, 5.41) is 0. The standard InChI is InChI=1S/C25H26FNO2S2/c1-31(28,29)27-24-18-21(26)14-17-25(24)30(22-10-6-3-7-11-22)23-15-12-20(13-16-23)19-8-4-2-5-9-19/h3,6-7,10-19H,2,4-5,8-9H2,1H3. The third kappa shape index (κ3) is 5.49. The molecular weight excluding hydrogens is 429 g/mol. The lowest BCUT2D eigenvalue weighted by Crippen LogP contribution is -2.08. The van der Waals surface area contributed by atoms with Crippen molar-refractivity contribution in [1.82, 2.24) is 0 Å². The van der Waals surface area contributed by atoms with Crippen molar-refractivity contribution in [3.63, 3.8) is 0 Å². The van der Waals surface area contributed by atoms with Crippen molar-refractivity contribution < 1.29 is 12.8 Å². The van der Waals surface area contributed by atoms with E-state index in [1.165, 1.54) is 49.8 Å². The molecule has 31 heavy (non-hydrogen) atoms. The Morgan fingerprint density at radius 1 is 0.871 bits per heavy atom. The minimum absolute atomic E-state index is 0.158. The monoisotopic (exact) mass is 455 g/mol. The minimum Gasteiger partial charge on any atom is -0.573 e. The van der Waals surface area contributed by atoms with E-state index < -0.39 is 26.7 Å². The summed E-state index contributed by atoms with van der Waals surface area (Å²) in [5.41, 5.74) is 1.52. The van der Waals surface area contributed by atoms with Gasteiger partial charge in [0.25, 0.3) is 0 Å². The SMILES string of the molecule is CS(=O)(=O)[N-]c1cc(F)ccc1[S+](c1ccccc1)c1ccc(C2CCCCC2)cc1. The van der Waals surface area contributed by atoms with E-state index in [0.717, 1.165) is 16.0 Å². The zero-order chi connectivity index (χ0) is 21.8. The number of sulfonamides is 1. The van der Waals surface area contributed by atoms with Gasteiger partial charge in [0.2, 0.25) is 0 Å². The van der Waals surface area contributed by atoms with Crippen LogP contribution in [0, 0.1) is 5.82 Å². The average Bonchev–Trinajstić information content (AvgIpc) is 2.76. The lowest BCUT2D eigenvalue weighted by atomic mass is 9.84. The third-order valence-corrected chi connectivity index (χ3v) is 8.38. The van der Waals surface area contributed by atoms with E-state index in [2.05, 4.69) is 29.0 Å². The molecule has 0 heterocycles. The Labute approximate surface area is 187 Å². The van der Waals surface area contributed by atoms with Crippen LogP contribution in [0.1, 0.15) is 43.6 Å². The summed E-state index contributed by atoms with van der Waals surface area (Å²) >= 11 is 0. The number of hydrogen-bond donors (Lipinski definition) is 0. The predicted molar refractivity (Wildman–Crippen MR) is 125 cm³/mol. The molecule has 1 fully saturated rings. The highest BCUT2D eigenvalue weighted by Gasteiger charge is 2.30. The smallest absolute Gasteiger partial charge is 0.166 e. The molecule has 0 bridgehead atoms. The third-order valence-electron chi connectivity index (χ3n) is 5.58. The molecule has 162 valence electrons. The summed E-state index contributed by atoms with van der Waals surface area (Å²) in [6.07, 6.45) is 7.39. The average molecular weight is 456 g/mol. The molecule has 0 saturated heterocycles. The summed E-state index contributed by atoms with van der Waals surface area (Å²) < 4.78 is 41.6. The predicted octanol–water partition coefficient (Wildman–Crippen LogP) is 6.93. The van der Waals surface area contributed by atoms with Crippen LogP contribution in [-0.2, 0) is 20.9 Å². The van der Waals surface area contributed by atoms with E-state index >= 15 is 0 Å². The molecule has 0 radical (unpaired) electrons. The van der Waals surface area contributed by atoms with Crippen LogP contribution in [0.2, 0.25) is 0 Å². The summed E-state index contributed by atoms with van der Waals surface area (Å²) in [4.78, 5) is 2.79. The van der Waals surface area contributed by atoms with Crippen LogP contribution in [0.25, 0.3) is 4.72 Å². The molecule has 6 heteroatoms. The molecule has 0 spiro atoms. The van der Waals surface area contributed by atoms with Gasteiger partial charge >= 0.3 is 0 Å². The maximum atomic E-state index is 14.0. The van der Waals surface area contributed by atoms with E-state index in [1.807, 2.05) is 30.3 Å². The molecule has 4 rings (SSSR count). The molecule has 3 aromatic carbocycles. The van der Waals surface area contributed by atoms with E-state index in [4.69, 9.17) is 0 Å². The van der Waals surface area contributed by atoms with E-state index in [-0.39, 0.29) is 5.69 Å². The molecule has 3 aromatic rings. The molecule has 0 amide bonds. The zero-order valence-corrected chi connectivity index (χ0v) is 19.1. The first-order chi connectivity index (χ1) is 14.9. The molecule has 0 aliphatic heterocycles. The van der Waals surface area contributed by atoms with Crippen LogP contribution in [0.3, 0.4) is 0 Å². The second-order valence-electron chi connectivity index (χ2n) is 7.96. The molecule has 3 nitrogen and oxygen atoms in total. The second-order valence-corrected chi connectivity index (χ2v) is 11.6. The van der Waals surface area contributed by atoms with Crippen LogP contribution in [0.5, 0.6) is 0 Å². The van der Waals surface area contributed by atoms with Crippen molar-refractivity contribution in [3.8, 4) is 0 Å². The maximum absolute atomic E-state index is 14.0. The Kier molecular flexibility index (Phi) is 6.68. The molecule has 0 N–H and O–H groups in total. The highest BCUT2D eigenvalue weighted by atomic mass is 32.2. The molecular formula is C25H26FNO2S2. The van der Waals surface area contributed by atoms with Crippen molar-refractivity contribution in [3.05, 3.63) is 88.9 Å². The fraction of sp³-hybridized carbons (Fsp3) is 0.280. The van der Waals surface area contributed by atoms with Gasteiger partial charge in [-0.05, 0) is 66.8 Å². The summed E-state index contributed by atoms with van der Waals surface area (Å²) in [6.45, 7) is 0. The fourth-order valence-electron chi connectivity index (χ4n) is 4.17. The Morgan fingerprint density at radius 2 is 1.52 bits per heavy atom. The van der Waals surface area contributed by atoms with Gasteiger partial charge in [-0.15, -0.1) is 0 Å². The molecule has 1 unspecified atom stereocenters. The lowest BCUT2D eigenvalue weighted by Gasteiger charge is -2.23. The normalized spacial score (nSPS) is 16.1. The van der Waals surface area contributed by atoms with E-state index in [0.29, 0.717) is 10.8 Å². The van der Waals surface area contributed by atoms with E-state index in [9.17, 15) is 12.8 Å². The fourth-order valence-corrected chi connectivity index (χ4v) is 6.87. The number of hydrogen-bond acceptors (Lipinski definition) is 2. The maximum Gasteiger partial charge on any atom is 0.166 e. The number of nitrogens with zero attached hydrogens (tertiary/aromatic N) is 1. The van der Waals surface area contributed by atoms with E-state index in [1.54, 1.807) is 6.07 Å². The molecule has 1 saturated carbocycles. The van der Waals surface area contributed by atoms with Crippen LogP contribution in [0.15, 0.2) is 87.5 Å². The Hall–Kier alpha value is -2.31. The quantitative estimate of drug-likeness (QED) is 0.378. The van der Waals surface area contributed by atoms with Gasteiger partial charge < -0.3 is 4.72 Å². The van der Waals surface area contributed by atoms with Gasteiger partial charge in [-0.2, -0.15) is 0 Å². The van der Waals surface area contributed by atoms with Gasteiger partial charge in [-0.25, -0.2) is 12.8 Å². The van der Waals surface area contributed by atoms with Crippen molar-refractivity contribution >= 4 is 26.6 Å². The summed E-state index contributed by atoms with van der Waals surface area (Å²) in [7, 11) is -4.28. The van der Waals surface area contributed by atoms with Crippen molar-refractivity contribution in [2.45, 2.75) is 52.7 Å². The largest absolute Gasteiger partial charge is 0.573 e. The molecule has 0 aromatic heterocycles. The highest BCUT2D eigenvalue weighted by molar-refractivity contribution is 7.97. The first kappa shape index (κ1) is 21.9. The lowest BCUT2D eigenvalue weighted by molar-refractivity contribution is 0.443. The van der Waals surface area contributed by atoms with Crippen molar-refractivity contribution in [2.24, 2.45) is 0 Å². The first-order valence-corrected chi connectivity index (χ1v) is 13.6. The van der Waals surface area contributed by atoms with Gasteiger partial charge in [0.15, 0.2) is 14.7 Å². The first-order valence-electron chi connectivity index (χ1n) is 10.5. The number of rotatable bonds is 6. The van der Waals surface area contributed by atoms with Gasteiger partial charge in [0.1, 0.15) is 5.82 Å². The van der Waals surface area contributed by atoms with Crippen molar-refractivity contribution in [1.29, 1.82) is 0 Å². The minimum atomic E-state index is -3.67. The highest BCUT2D eigenvalue weighted by Crippen LogP contribution is 2.40. The Morgan fingerprint density at radius 3 is 2.16 bits per heavy atom. The van der Waals surface area contributed by atoms with Crippen molar-refractivity contribution in [2.75, 3.05) is 6.26 Å². The Bertz CT molecular complexity index is 1130. The van der Waals surface area contributed by atoms with Gasteiger partial charge in [-0.1, -0.05) is 55.3 Å². The van der Waals surface area contributed by atoms with Crippen LogP contribution in [-0.4, -0.2) is 14.7 Å². The van der Waals surface area contributed by atoms with Crippen LogP contribution in [0.4, 0.5) is 10.1 Å².